The number of ether oxygens (including phenoxy) is 2. The number of carbonyl (C=O) groups is 1. The van der Waals surface area contributed by atoms with Gasteiger partial charge in [-0.1, -0.05) is 48.2 Å². The molecule has 0 spiro atoms. The maximum atomic E-state index is 12.9. The zero-order chi connectivity index (χ0) is 17.4. The number of carbonyl (C=O) groups excluding carboxylic acids is 1. The summed E-state index contributed by atoms with van der Waals surface area (Å²) in [5.41, 5.74) is 2.83. The number of thiocarbonyl (C=S) groups is 1. The number of benzene rings is 2. The number of thioether (sulfide) groups is 1. The Labute approximate surface area is 155 Å². The van der Waals surface area contributed by atoms with Crippen molar-refractivity contribution >= 4 is 46.0 Å². The molecule has 0 aromatic heterocycles. The predicted octanol–water partition coefficient (Wildman–Crippen LogP) is 4.17. The summed E-state index contributed by atoms with van der Waals surface area (Å²) in [6.07, 6.45) is 1.90. The Morgan fingerprint density at radius 1 is 1.12 bits per heavy atom. The minimum Gasteiger partial charge on any atom is -0.486 e. The molecule has 2 aromatic rings. The van der Waals surface area contributed by atoms with Gasteiger partial charge in [0, 0.05) is 6.07 Å². The molecule has 0 radical (unpaired) electrons. The van der Waals surface area contributed by atoms with Crippen LogP contribution in [0.5, 0.6) is 11.5 Å². The van der Waals surface area contributed by atoms with Crippen LogP contribution in [0, 0.1) is 6.92 Å². The lowest BCUT2D eigenvalue weighted by Crippen LogP contribution is -2.27. The maximum absolute atomic E-state index is 12.9. The summed E-state index contributed by atoms with van der Waals surface area (Å²) in [6, 6.07) is 13.4. The van der Waals surface area contributed by atoms with E-state index < -0.39 is 0 Å². The second-order valence-electron chi connectivity index (χ2n) is 5.70. The Balaban J connectivity index is 1.67. The van der Waals surface area contributed by atoms with E-state index >= 15 is 0 Å². The van der Waals surface area contributed by atoms with E-state index in [0.29, 0.717) is 39.6 Å². The summed E-state index contributed by atoms with van der Waals surface area (Å²) >= 11 is 6.75. The zero-order valence-corrected chi connectivity index (χ0v) is 15.2. The molecule has 0 unspecified atom stereocenters. The van der Waals surface area contributed by atoms with Crippen molar-refractivity contribution in [1.29, 1.82) is 0 Å². The lowest BCUT2D eigenvalue weighted by atomic mass is 10.1. The van der Waals surface area contributed by atoms with Gasteiger partial charge >= 0.3 is 0 Å². The third kappa shape index (κ3) is 3.03. The second kappa shape index (κ2) is 6.54. The van der Waals surface area contributed by atoms with Gasteiger partial charge in [-0.25, -0.2) is 0 Å². The maximum Gasteiger partial charge on any atom is 0.270 e. The number of anilines is 1. The highest BCUT2D eigenvalue weighted by atomic mass is 32.2. The molecule has 1 saturated heterocycles. The summed E-state index contributed by atoms with van der Waals surface area (Å²) in [5.74, 6) is 1.21. The van der Waals surface area contributed by atoms with Gasteiger partial charge in [0.2, 0.25) is 0 Å². The molecule has 0 atom stereocenters. The summed E-state index contributed by atoms with van der Waals surface area (Å²) in [6.45, 7) is 3.06. The molecule has 0 bridgehead atoms. The number of hydrogen-bond acceptors (Lipinski definition) is 5. The van der Waals surface area contributed by atoms with Crippen LogP contribution in [0.4, 0.5) is 5.69 Å². The Morgan fingerprint density at radius 3 is 2.68 bits per heavy atom. The highest BCUT2D eigenvalue weighted by molar-refractivity contribution is 8.27. The standard InChI is InChI=1S/C19H15NO3S2/c1-12-4-2-3-5-13(12)10-17-18(21)20(19(24)25-17)14-6-7-15-16(11-14)23-9-8-22-15/h2-7,10-11H,8-9H2,1H3/b17-10+. The highest BCUT2D eigenvalue weighted by Gasteiger charge is 2.34. The smallest absolute Gasteiger partial charge is 0.270 e. The fraction of sp³-hybridized carbons (Fsp3) is 0.158. The van der Waals surface area contributed by atoms with Gasteiger partial charge in [-0.2, -0.15) is 0 Å². The van der Waals surface area contributed by atoms with E-state index in [4.69, 9.17) is 21.7 Å². The molecule has 2 aliphatic rings. The van der Waals surface area contributed by atoms with E-state index in [2.05, 4.69) is 0 Å². The fourth-order valence-electron chi connectivity index (χ4n) is 2.75. The number of rotatable bonds is 2. The van der Waals surface area contributed by atoms with Crippen LogP contribution in [0.3, 0.4) is 0 Å². The van der Waals surface area contributed by atoms with Crippen molar-refractivity contribution < 1.29 is 14.3 Å². The van der Waals surface area contributed by atoms with Gasteiger partial charge in [-0.15, -0.1) is 0 Å². The minimum absolute atomic E-state index is 0.116. The SMILES string of the molecule is Cc1ccccc1/C=C1/SC(=S)N(c2ccc3c(c2)OCCO3)C1=O. The number of fused-ring (bicyclic) bond motifs is 1. The monoisotopic (exact) mass is 369 g/mol. The van der Waals surface area contributed by atoms with Crippen LogP contribution in [-0.2, 0) is 4.79 Å². The quantitative estimate of drug-likeness (QED) is 0.587. The number of aryl methyl sites for hydroxylation is 1. The van der Waals surface area contributed by atoms with Crippen molar-refractivity contribution in [2.45, 2.75) is 6.92 Å². The molecule has 2 heterocycles. The van der Waals surface area contributed by atoms with Gasteiger partial charge < -0.3 is 9.47 Å². The van der Waals surface area contributed by atoms with Gasteiger partial charge in [0.05, 0.1) is 10.6 Å². The molecular weight excluding hydrogens is 354 g/mol. The van der Waals surface area contributed by atoms with E-state index in [-0.39, 0.29) is 5.91 Å². The van der Waals surface area contributed by atoms with E-state index in [9.17, 15) is 4.79 Å². The first-order valence-corrected chi connectivity index (χ1v) is 9.09. The van der Waals surface area contributed by atoms with Gasteiger partial charge in [0.15, 0.2) is 15.8 Å². The molecule has 2 aliphatic heterocycles. The molecule has 126 valence electrons. The largest absolute Gasteiger partial charge is 0.486 e. The van der Waals surface area contributed by atoms with E-state index in [1.54, 1.807) is 11.0 Å². The molecule has 1 amide bonds. The molecule has 0 saturated carbocycles. The number of nitrogens with zero attached hydrogens (tertiary/aromatic N) is 1. The predicted molar refractivity (Wildman–Crippen MR) is 104 cm³/mol. The van der Waals surface area contributed by atoms with Crippen molar-refractivity contribution in [3.63, 3.8) is 0 Å². The van der Waals surface area contributed by atoms with Crippen molar-refractivity contribution in [3.8, 4) is 11.5 Å². The molecule has 4 rings (SSSR count). The first kappa shape index (κ1) is 16.2. The van der Waals surface area contributed by atoms with Crippen LogP contribution in [0.1, 0.15) is 11.1 Å². The lowest BCUT2D eigenvalue weighted by Gasteiger charge is -2.21. The summed E-state index contributed by atoms with van der Waals surface area (Å²) < 4.78 is 11.7. The van der Waals surface area contributed by atoms with Gasteiger partial charge in [-0.05, 0) is 36.3 Å². The molecule has 4 nitrogen and oxygen atoms in total. The van der Waals surface area contributed by atoms with Crippen LogP contribution >= 0.6 is 24.0 Å². The van der Waals surface area contributed by atoms with Gasteiger partial charge in [0.25, 0.3) is 5.91 Å². The van der Waals surface area contributed by atoms with Crippen LogP contribution in [0.2, 0.25) is 0 Å². The molecular formula is C19H15NO3S2. The zero-order valence-electron chi connectivity index (χ0n) is 13.5. The van der Waals surface area contributed by atoms with Crippen LogP contribution in [-0.4, -0.2) is 23.4 Å². The van der Waals surface area contributed by atoms with E-state index in [1.807, 2.05) is 49.4 Å². The Kier molecular flexibility index (Phi) is 4.23. The average molecular weight is 369 g/mol. The molecule has 0 N–H and O–H groups in total. The highest BCUT2D eigenvalue weighted by Crippen LogP contribution is 2.40. The van der Waals surface area contributed by atoms with Gasteiger partial charge in [-0.3, -0.25) is 9.69 Å². The van der Waals surface area contributed by atoms with E-state index in [0.717, 1.165) is 11.1 Å². The molecule has 2 aromatic carbocycles. The first-order chi connectivity index (χ1) is 12.1. The summed E-state index contributed by atoms with van der Waals surface area (Å²) in [7, 11) is 0. The Bertz CT molecular complexity index is 907. The van der Waals surface area contributed by atoms with Crippen LogP contribution in [0.25, 0.3) is 6.08 Å². The van der Waals surface area contributed by atoms with Crippen LogP contribution < -0.4 is 14.4 Å². The first-order valence-electron chi connectivity index (χ1n) is 7.87. The Hall–Kier alpha value is -2.31. The van der Waals surface area contributed by atoms with Crippen molar-refractivity contribution in [1.82, 2.24) is 0 Å². The second-order valence-corrected chi connectivity index (χ2v) is 7.38. The van der Waals surface area contributed by atoms with Crippen molar-refractivity contribution in [2.24, 2.45) is 0 Å². The number of hydrogen-bond donors (Lipinski definition) is 0. The summed E-state index contributed by atoms with van der Waals surface area (Å²) in [4.78, 5) is 15.0. The third-order valence-corrected chi connectivity index (χ3v) is 5.35. The normalized spacial score (nSPS) is 18.1. The van der Waals surface area contributed by atoms with Crippen molar-refractivity contribution in [2.75, 3.05) is 18.1 Å². The fourth-order valence-corrected chi connectivity index (χ4v) is 4.04. The van der Waals surface area contributed by atoms with E-state index in [1.165, 1.54) is 11.8 Å². The molecule has 0 aliphatic carbocycles. The minimum atomic E-state index is -0.116. The third-order valence-electron chi connectivity index (χ3n) is 4.05. The van der Waals surface area contributed by atoms with Crippen molar-refractivity contribution in [3.05, 3.63) is 58.5 Å². The topological polar surface area (TPSA) is 38.8 Å². The van der Waals surface area contributed by atoms with Gasteiger partial charge in [0.1, 0.15) is 13.2 Å². The number of amides is 1. The molecule has 25 heavy (non-hydrogen) atoms. The summed E-state index contributed by atoms with van der Waals surface area (Å²) in [5, 5.41) is 0. The molecule has 6 heteroatoms. The lowest BCUT2D eigenvalue weighted by molar-refractivity contribution is -0.113. The Morgan fingerprint density at radius 2 is 1.88 bits per heavy atom. The van der Waals surface area contributed by atoms with Crippen LogP contribution in [0.15, 0.2) is 47.4 Å². The average Bonchev–Trinajstić information content (AvgIpc) is 2.90. The molecule has 1 fully saturated rings.